The predicted octanol–water partition coefficient (Wildman–Crippen LogP) is 2.47. The molecule has 20 heavy (non-hydrogen) atoms. The van der Waals surface area contributed by atoms with Crippen molar-refractivity contribution >= 4 is 5.91 Å². The van der Waals surface area contributed by atoms with Crippen molar-refractivity contribution in [2.45, 2.75) is 45.1 Å². The van der Waals surface area contributed by atoms with Crippen LogP contribution in [0, 0.1) is 5.92 Å². The molecule has 2 rings (SSSR count). The summed E-state index contributed by atoms with van der Waals surface area (Å²) in [7, 11) is 0. The maximum atomic E-state index is 12.3. The van der Waals surface area contributed by atoms with Gasteiger partial charge in [-0.2, -0.15) is 0 Å². The van der Waals surface area contributed by atoms with Gasteiger partial charge in [-0.3, -0.25) is 4.79 Å². The van der Waals surface area contributed by atoms with E-state index < -0.39 is 0 Å². The minimum Gasteiger partial charge on any atom is -0.355 e. The van der Waals surface area contributed by atoms with E-state index >= 15 is 0 Å². The van der Waals surface area contributed by atoms with E-state index in [0.717, 1.165) is 19.4 Å². The minimum absolute atomic E-state index is 0.0323. The third-order valence-electron chi connectivity index (χ3n) is 4.25. The second kappa shape index (κ2) is 6.40. The van der Waals surface area contributed by atoms with Gasteiger partial charge in [0.2, 0.25) is 5.91 Å². The number of piperidine rings is 1. The van der Waals surface area contributed by atoms with Gasteiger partial charge in [0, 0.05) is 23.9 Å². The number of hydrogen-bond acceptors (Lipinski definition) is 2. The Hall–Kier alpha value is -1.35. The lowest BCUT2D eigenvalue weighted by molar-refractivity contribution is -0.126. The van der Waals surface area contributed by atoms with Crippen LogP contribution in [0.15, 0.2) is 30.3 Å². The Kier molecular flexibility index (Phi) is 4.81. The summed E-state index contributed by atoms with van der Waals surface area (Å²) in [4.78, 5) is 12.3. The van der Waals surface area contributed by atoms with Gasteiger partial charge in [0.05, 0.1) is 0 Å². The van der Waals surface area contributed by atoms with Crippen molar-refractivity contribution in [1.29, 1.82) is 0 Å². The SMILES string of the molecule is CC1CC(C(=O)NCC(C)(C)c2ccccc2)CCN1. The Morgan fingerprint density at radius 1 is 1.35 bits per heavy atom. The molecule has 3 nitrogen and oxygen atoms in total. The zero-order valence-electron chi connectivity index (χ0n) is 12.8. The summed E-state index contributed by atoms with van der Waals surface area (Å²) >= 11 is 0. The Morgan fingerprint density at radius 3 is 2.70 bits per heavy atom. The van der Waals surface area contributed by atoms with Crippen LogP contribution in [0.4, 0.5) is 0 Å². The second-order valence-electron chi connectivity index (χ2n) is 6.54. The van der Waals surface area contributed by atoms with Gasteiger partial charge < -0.3 is 10.6 Å². The smallest absolute Gasteiger partial charge is 0.223 e. The van der Waals surface area contributed by atoms with Crippen molar-refractivity contribution in [3.05, 3.63) is 35.9 Å². The zero-order chi connectivity index (χ0) is 14.6. The molecule has 1 aliphatic heterocycles. The highest BCUT2D eigenvalue weighted by atomic mass is 16.1. The lowest BCUT2D eigenvalue weighted by Gasteiger charge is -2.30. The molecule has 1 fully saturated rings. The molecule has 2 N–H and O–H groups in total. The monoisotopic (exact) mass is 274 g/mol. The first-order valence-corrected chi connectivity index (χ1v) is 7.55. The number of benzene rings is 1. The Labute approximate surface area is 122 Å². The van der Waals surface area contributed by atoms with Crippen LogP contribution in [0.1, 0.15) is 39.2 Å². The molecule has 1 saturated heterocycles. The molecular weight excluding hydrogens is 248 g/mol. The van der Waals surface area contributed by atoms with Crippen molar-refractivity contribution in [1.82, 2.24) is 10.6 Å². The highest BCUT2D eigenvalue weighted by Gasteiger charge is 2.27. The molecule has 3 heteroatoms. The fraction of sp³-hybridized carbons (Fsp3) is 0.588. The van der Waals surface area contributed by atoms with E-state index in [1.807, 2.05) is 18.2 Å². The molecule has 1 heterocycles. The highest BCUT2D eigenvalue weighted by molar-refractivity contribution is 5.78. The van der Waals surface area contributed by atoms with Crippen LogP contribution in [0.3, 0.4) is 0 Å². The Morgan fingerprint density at radius 2 is 2.05 bits per heavy atom. The molecule has 1 aromatic rings. The van der Waals surface area contributed by atoms with E-state index in [4.69, 9.17) is 0 Å². The van der Waals surface area contributed by atoms with Crippen molar-refractivity contribution in [2.75, 3.05) is 13.1 Å². The third kappa shape index (κ3) is 3.83. The number of rotatable bonds is 4. The second-order valence-corrected chi connectivity index (χ2v) is 6.54. The highest BCUT2D eigenvalue weighted by Crippen LogP contribution is 2.22. The topological polar surface area (TPSA) is 41.1 Å². The maximum absolute atomic E-state index is 12.3. The number of carbonyl (C=O) groups is 1. The number of hydrogen-bond donors (Lipinski definition) is 2. The fourth-order valence-corrected chi connectivity index (χ4v) is 2.81. The molecule has 0 aliphatic carbocycles. The predicted molar refractivity (Wildman–Crippen MR) is 82.7 cm³/mol. The van der Waals surface area contributed by atoms with E-state index in [1.165, 1.54) is 5.56 Å². The van der Waals surface area contributed by atoms with E-state index in [0.29, 0.717) is 12.6 Å². The summed E-state index contributed by atoms with van der Waals surface area (Å²) in [5.41, 5.74) is 1.23. The van der Waals surface area contributed by atoms with Gasteiger partial charge in [-0.05, 0) is 31.9 Å². The maximum Gasteiger partial charge on any atom is 0.223 e. The lowest BCUT2D eigenvalue weighted by Crippen LogP contribution is -2.45. The van der Waals surface area contributed by atoms with Crippen LogP contribution < -0.4 is 10.6 Å². The molecular formula is C17H26N2O. The standard InChI is InChI=1S/C17H26N2O/c1-13-11-14(9-10-18-13)16(20)19-12-17(2,3)15-7-5-4-6-8-15/h4-8,13-14,18H,9-12H2,1-3H3,(H,19,20). The van der Waals surface area contributed by atoms with Gasteiger partial charge in [0.25, 0.3) is 0 Å². The summed E-state index contributed by atoms with van der Waals surface area (Å²) in [5.74, 6) is 0.375. The van der Waals surface area contributed by atoms with Gasteiger partial charge >= 0.3 is 0 Å². The Bertz CT molecular complexity index is 442. The largest absolute Gasteiger partial charge is 0.355 e. The van der Waals surface area contributed by atoms with E-state index in [2.05, 4.69) is 43.5 Å². The van der Waals surface area contributed by atoms with Crippen LogP contribution >= 0.6 is 0 Å². The minimum atomic E-state index is -0.0323. The molecule has 0 saturated carbocycles. The zero-order valence-corrected chi connectivity index (χ0v) is 12.8. The lowest BCUT2D eigenvalue weighted by atomic mass is 9.84. The number of amides is 1. The average Bonchev–Trinajstić information content (AvgIpc) is 2.46. The van der Waals surface area contributed by atoms with Gasteiger partial charge in [-0.15, -0.1) is 0 Å². The first kappa shape index (κ1) is 15.0. The molecule has 0 radical (unpaired) electrons. The first-order chi connectivity index (χ1) is 9.49. The molecule has 0 bridgehead atoms. The Balaban J connectivity index is 1.89. The van der Waals surface area contributed by atoms with Crippen LogP contribution in [0.2, 0.25) is 0 Å². The molecule has 1 aliphatic rings. The van der Waals surface area contributed by atoms with Crippen molar-refractivity contribution in [3.8, 4) is 0 Å². The van der Waals surface area contributed by atoms with Gasteiger partial charge in [0.15, 0.2) is 0 Å². The molecule has 1 amide bonds. The van der Waals surface area contributed by atoms with Crippen LogP contribution in [-0.2, 0) is 10.2 Å². The normalized spacial score (nSPS) is 23.4. The molecule has 1 aromatic carbocycles. The van der Waals surface area contributed by atoms with E-state index in [9.17, 15) is 4.79 Å². The van der Waals surface area contributed by atoms with Crippen molar-refractivity contribution < 1.29 is 4.79 Å². The summed E-state index contributed by atoms with van der Waals surface area (Å²) in [5, 5.41) is 6.53. The fourth-order valence-electron chi connectivity index (χ4n) is 2.81. The van der Waals surface area contributed by atoms with Gasteiger partial charge in [-0.1, -0.05) is 44.2 Å². The molecule has 110 valence electrons. The van der Waals surface area contributed by atoms with Crippen LogP contribution in [-0.4, -0.2) is 25.0 Å². The summed E-state index contributed by atoms with van der Waals surface area (Å²) in [6, 6.07) is 10.8. The molecule has 2 unspecified atom stereocenters. The van der Waals surface area contributed by atoms with Crippen LogP contribution in [0.5, 0.6) is 0 Å². The van der Waals surface area contributed by atoms with Crippen molar-refractivity contribution in [2.24, 2.45) is 5.92 Å². The first-order valence-electron chi connectivity index (χ1n) is 7.55. The summed E-state index contributed by atoms with van der Waals surface area (Å²) in [6.45, 7) is 8.13. The third-order valence-corrected chi connectivity index (χ3v) is 4.25. The van der Waals surface area contributed by atoms with Crippen molar-refractivity contribution in [3.63, 3.8) is 0 Å². The average molecular weight is 274 g/mol. The quantitative estimate of drug-likeness (QED) is 0.885. The van der Waals surface area contributed by atoms with Gasteiger partial charge in [-0.25, -0.2) is 0 Å². The van der Waals surface area contributed by atoms with E-state index in [1.54, 1.807) is 0 Å². The van der Waals surface area contributed by atoms with E-state index in [-0.39, 0.29) is 17.2 Å². The number of nitrogens with one attached hydrogen (secondary N) is 2. The molecule has 0 aromatic heterocycles. The molecule has 0 spiro atoms. The molecule has 2 atom stereocenters. The van der Waals surface area contributed by atoms with Crippen LogP contribution in [0.25, 0.3) is 0 Å². The summed E-state index contributed by atoms with van der Waals surface area (Å²) in [6.07, 6.45) is 1.89. The summed E-state index contributed by atoms with van der Waals surface area (Å²) < 4.78 is 0. The number of carbonyl (C=O) groups excluding carboxylic acids is 1. The van der Waals surface area contributed by atoms with Gasteiger partial charge in [0.1, 0.15) is 0 Å².